The molecule has 1 aliphatic carbocycles. The van der Waals surface area contributed by atoms with Gasteiger partial charge in [-0.2, -0.15) is 0 Å². The van der Waals surface area contributed by atoms with Crippen LogP contribution in [0.5, 0.6) is 5.75 Å². The Hall–Kier alpha value is -2.43. The molecule has 0 radical (unpaired) electrons. The van der Waals surface area contributed by atoms with Crippen molar-refractivity contribution in [3.63, 3.8) is 0 Å². The van der Waals surface area contributed by atoms with Gasteiger partial charge in [0.1, 0.15) is 11.5 Å². The summed E-state index contributed by atoms with van der Waals surface area (Å²) in [4.78, 5) is 4.76. The molecule has 1 aliphatic rings. The third-order valence-electron chi connectivity index (χ3n) is 4.49. The molecule has 1 saturated carbocycles. The Labute approximate surface area is 149 Å². The van der Waals surface area contributed by atoms with E-state index in [-0.39, 0.29) is 0 Å². The second kappa shape index (κ2) is 9.16. The van der Waals surface area contributed by atoms with E-state index in [1.807, 2.05) is 30.3 Å². The highest BCUT2D eigenvalue weighted by atomic mass is 16.5. The smallest absolute Gasteiger partial charge is 0.191 e. The van der Waals surface area contributed by atoms with Crippen LogP contribution in [0.25, 0.3) is 0 Å². The van der Waals surface area contributed by atoms with Gasteiger partial charge in [-0.3, -0.25) is 0 Å². The second-order valence-corrected chi connectivity index (χ2v) is 6.40. The molecule has 5 heteroatoms. The van der Waals surface area contributed by atoms with Crippen LogP contribution in [-0.4, -0.2) is 25.7 Å². The molecule has 1 aromatic carbocycles. The third-order valence-corrected chi connectivity index (χ3v) is 4.49. The van der Waals surface area contributed by atoms with Gasteiger partial charge in [0.15, 0.2) is 5.96 Å². The van der Waals surface area contributed by atoms with Crippen molar-refractivity contribution in [3.05, 3.63) is 54.0 Å². The van der Waals surface area contributed by atoms with Crippen LogP contribution >= 0.6 is 0 Å². The highest BCUT2D eigenvalue weighted by Gasteiger charge is 2.16. The predicted octanol–water partition coefficient (Wildman–Crippen LogP) is 3.51. The molecule has 0 bridgehead atoms. The number of methoxy groups -OCH3 is 1. The number of hydrogen-bond donors (Lipinski definition) is 2. The first-order chi connectivity index (χ1) is 12.3. The zero-order valence-electron chi connectivity index (χ0n) is 14.8. The molecule has 0 aliphatic heterocycles. The van der Waals surface area contributed by atoms with Crippen LogP contribution in [0.2, 0.25) is 0 Å². The SMILES string of the molecule is COc1cccc(CN=C(NCCc2ccco2)NC2CCCC2)c1. The Morgan fingerprint density at radius 3 is 2.88 bits per heavy atom. The van der Waals surface area contributed by atoms with Gasteiger partial charge in [-0.05, 0) is 42.7 Å². The maximum absolute atomic E-state index is 5.39. The van der Waals surface area contributed by atoms with E-state index in [2.05, 4.69) is 16.7 Å². The topological polar surface area (TPSA) is 58.8 Å². The molecule has 0 spiro atoms. The zero-order chi connectivity index (χ0) is 17.3. The highest BCUT2D eigenvalue weighted by Crippen LogP contribution is 2.17. The van der Waals surface area contributed by atoms with Crippen molar-refractivity contribution >= 4 is 5.96 Å². The molecule has 2 N–H and O–H groups in total. The largest absolute Gasteiger partial charge is 0.497 e. The number of hydrogen-bond acceptors (Lipinski definition) is 3. The molecular weight excluding hydrogens is 314 g/mol. The van der Waals surface area contributed by atoms with E-state index in [4.69, 9.17) is 14.1 Å². The average Bonchev–Trinajstić information content (AvgIpc) is 3.33. The molecule has 0 amide bonds. The first-order valence-corrected chi connectivity index (χ1v) is 9.03. The minimum absolute atomic E-state index is 0.528. The lowest BCUT2D eigenvalue weighted by atomic mass is 10.2. The van der Waals surface area contributed by atoms with Crippen molar-refractivity contribution in [2.24, 2.45) is 4.99 Å². The third kappa shape index (κ3) is 5.55. The molecule has 1 aromatic heterocycles. The fourth-order valence-corrected chi connectivity index (χ4v) is 3.12. The fourth-order valence-electron chi connectivity index (χ4n) is 3.12. The van der Waals surface area contributed by atoms with Crippen molar-refractivity contribution < 1.29 is 9.15 Å². The zero-order valence-corrected chi connectivity index (χ0v) is 14.8. The summed E-state index contributed by atoms with van der Waals surface area (Å²) >= 11 is 0. The van der Waals surface area contributed by atoms with E-state index in [1.54, 1.807) is 13.4 Å². The molecule has 3 rings (SSSR count). The summed E-state index contributed by atoms with van der Waals surface area (Å²) in [6.07, 6.45) is 7.60. The van der Waals surface area contributed by atoms with Crippen LogP contribution in [0.15, 0.2) is 52.1 Å². The van der Waals surface area contributed by atoms with E-state index in [0.717, 1.165) is 36.0 Å². The van der Waals surface area contributed by atoms with Gasteiger partial charge in [-0.1, -0.05) is 25.0 Å². The number of nitrogens with zero attached hydrogens (tertiary/aromatic N) is 1. The Kier molecular flexibility index (Phi) is 6.37. The van der Waals surface area contributed by atoms with Crippen LogP contribution in [-0.2, 0) is 13.0 Å². The summed E-state index contributed by atoms with van der Waals surface area (Å²) in [6, 6.07) is 12.5. The molecule has 134 valence electrons. The summed E-state index contributed by atoms with van der Waals surface area (Å²) in [5, 5.41) is 7.00. The van der Waals surface area contributed by atoms with Gasteiger partial charge in [0.2, 0.25) is 0 Å². The van der Waals surface area contributed by atoms with Gasteiger partial charge in [-0.25, -0.2) is 4.99 Å². The Morgan fingerprint density at radius 2 is 2.12 bits per heavy atom. The van der Waals surface area contributed by atoms with E-state index in [0.29, 0.717) is 12.6 Å². The monoisotopic (exact) mass is 341 g/mol. The van der Waals surface area contributed by atoms with Gasteiger partial charge in [0.25, 0.3) is 0 Å². The number of nitrogens with one attached hydrogen (secondary N) is 2. The molecular formula is C20H27N3O2. The summed E-state index contributed by atoms with van der Waals surface area (Å²) in [5.41, 5.74) is 1.14. The molecule has 25 heavy (non-hydrogen) atoms. The van der Waals surface area contributed by atoms with E-state index in [1.165, 1.54) is 25.7 Å². The summed E-state index contributed by atoms with van der Waals surface area (Å²) < 4.78 is 10.7. The summed E-state index contributed by atoms with van der Waals surface area (Å²) in [5.74, 6) is 2.73. The predicted molar refractivity (Wildman–Crippen MR) is 99.9 cm³/mol. The number of guanidine groups is 1. The van der Waals surface area contributed by atoms with Gasteiger partial charge < -0.3 is 19.8 Å². The maximum Gasteiger partial charge on any atom is 0.191 e. The second-order valence-electron chi connectivity index (χ2n) is 6.40. The Bertz CT molecular complexity index is 661. The Morgan fingerprint density at radius 1 is 1.24 bits per heavy atom. The molecule has 2 aromatic rings. The molecule has 0 saturated heterocycles. The minimum atomic E-state index is 0.528. The van der Waals surface area contributed by atoms with Gasteiger partial charge >= 0.3 is 0 Å². The molecule has 0 atom stereocenters. The first-order valence-electron chi connectivity index (χ1n) is 9.03. The normalized spacial score (nSPS) is 15.3. The number of rotatable bonds is 7. The van der Waals surface area contributed by atoms with Crippen LogP contribution in [0.1, 0.15) is 37.0 Å². The van der Waals surface area contributed by atoms with E-state index < -0.39 is 0 Å². The fraction of sp³-hybridized carbons (Fsp3) is 0.450. The first kappa shape index (κ1) is 17.4. The van der Waals surface area contributed by atoms with Crippen LogP contribution in [0.3, 0.4) is 0 Å². The number of benzene rings is 1. The lowest BCUT2D eigenvalue weighted by Crippen LogP contribution is -2.43. The lowest BCUT2D eigenvalue weighted by Gasteiger charge is -2.17. The lowest BCUT2D eigenvalue weighted by molar-refractivity contribution is 0.414. The van der Waals surface area contributed by atoms with Crippen LogP contribution in [0.4, 0.5) is 0 Å². The van der Waals surface area contributed by atoms with Gasteiger partial charge in [0, 0.05) is 19.0 Å². The molecule has 0 unspecified atom stereocenters. The van der Waals surface area contributed by atoms with Gasteiger partial charge in [0.05, 0.1) is 19.9 Å². The number of furan rings is 1. The molecule has 1 heterocycles. The van der Waals surface area contributed by atoms with Crippen LogP contribution in [0, 0.1) is 0 Å². The van der Waals surface area contributed by atoms with Gasteiger partial charge in [-0.15, -0.1) is 0 Å². The molecule has 1 fully saturated rings. The quantitative estimate of drug-likeness (QED) is 0.598. The van der Waals surface area contributed by atoms with Crippen molar-refractivity contribution in [1.29, 1.82) is 0 Å². The van der Waals surface area contributed by atoms with E-state index >= 15 is 0 Å². The van der Waals surface area contributed by atoms with Crippen molar-refractivity contribution in [3.8, 4) is 5.75 Å². The van der Waals surface area contributed by atoms with Crippen LogP contribution < -0.4 is 15.4 Å². The average molecular weight is 341 g/mol. The maximum atomic E-state index is 5.39. The van der Waals surface area contributed by atoms with Crippen molar-refractivity contribution in [1.82, 2.24) is 10.6 Å². The highest BCUT2D eigenvalue weighted by molar-refractivity contribution is 5.80. The number of ether oxygens (including phenoxy) is 1. The van der Waals surface area contributed by atoms with E-state index in [9.17, 15) is 0 Å². The summed E-state index contributed by atoms with van der Waals surface area (Å²) in [7, 11) is 1.69. The summed E-state index contributed by atoms with van der Waals surface area (Å²) in [6.45, 7) is 1.42. The minimum Gasteiger partial charge on any atom is -0.497 e. The van der Waals surface area contributed by atoms with Crippen molar-refractivity contribution in [2.45, 2.75) is 44.7 Å². The number of aliphatic imine (C=N–C) groups is 1. The standard InChI is InChI=1S/C20H27N3O2/c1-24-19-9-4-6-16(14-19)15-22-20(23-17-7-2-3-8-17)21-12-11-18-10-5-13-25-18/h4-6,9-10,13-14,17H,2-3,7-8,11-12,15H2,1H3,(H2,21,22,23). The molecule has 5 nitrogen and oxygen atoms in total. The van der Waals surface area contributed by atoms with Crippen molar-refractivity contribution in [2.75, 3.05) is 13.7 Å². The Balaban J connectivity index is 1.59.